The van der Waals surface area contributed by atoms with E-state index < -0.39 is 16.0 Å². The first-order chi connectivity index (χ1) is 10.4. The number of carbonyl (C=O) groups is 1. The van der Waals surface area contributed by atoms with Crippen LogP contribution in [0.25, 0.3) is 0 Å². The molecular weight excluding hydrogens is 308 g/mol. The monoisotopic (exact) mass is 320 g/mol. The van der Waals surface area contributed by atoms with E-state index in [0.717, 1.165) is 11.6 Å². The number of sulfonamides is 1. The molecule has 0 atom stereocenters. The number of para-hydroxylation sites is 1. The molecule has 1 aliphatic rings. The Kier molecular flexibility index (Phi) is 3.27. The molecule has 0 radical (unpaired) electrons. The van der Waals surface area contributed by atoms with Gasteiger partial charge in [-0.2, -0.15) is 0 Å². The SMILES string of the molecule is NS(=O)(=O)c1cc(C(=O)O)cc2c1Oc1ccccc1CN2. The molecule has 0 unspecified atom stereocenters. The second-order valence-electron chi connectivity index (χ2n) is 4.76. The molecule has 8 heteroatoms. The Morgan fingerprint density at radius 2 is 2.00 bits per heavy atom. The predicted molar refractivity (Wildman–Crippen MR) is 78.6 cm³/mol. The van der Waals surface area contributed by atoms with Crippen molar-refractivity contribution in [1.29, 1.82) is 0 Å². The molecule has 4 N–H and O–H groups in total. The van der Waals surface area contributed by atoms with Crippen molar-refractivity contribution in [3.8, 4) is 11.5 Å². The summed E-state index contributed by atoms with van der Waals surface area (Å²) in [4.78, 5) is 10.8. The number of nitrogens with two attached hydrogens (primary N) is 1. The lowest BCUT2D eigenvalue weighted by atomic mass is 10.2. The molecule has 0 saturated heterocycles. The summed E-state index contributed by atoms with van der Waals surface area (Å²) in [5, 5.41) is 17.3. The predicted octanol–water partition coefficient (Wildman–Crippen LogP) is 1.75. The number of primary sulfonamides is 1. The molecule has 0 fully saturated rings. The summed E-state index contributed by atoms with van der Waals surface area (Å²) in [5.41, 5.74) is 0.890. The third-order valence-corrected chi connectivity index (χ3v) is 4.18. The third kappa shape index (κ3) is 2.49. The molecule has 0 spiro atoms. The molecule has 0 aliphatic carbocycles. The van der Waals surface area contributed by atoms with Crippen molar-refractivity contribution in [1.82, 2.24) is 0 Å². The Bertz CT molecular complexity index is 877. The maximum atomic E-state index is 11.8. The minimum absolute atomic E-state index is 0.00236. The van der Waals surface area contributed by atoms with E-state index in [1.165, 1.54) is 6.07 Å². The molecule has 0 aromatic heterocycles. The highest BCUT2D eigenvalue weighted by atomic mass is 32.2. The molecule has 114 valence electrons. The molecule has 7 nitrogen and oxygen atoms in total. The van der Waals surface area contributed by atoms with Gasteiger partial charge in [-0.1, -0.05) is 18.2 Å². The van der Waals surface area contributed by atoms with Crippen LogP contribution in [-0.2, 0) is 16.6 Å². The Labute approximate surface area is 126 Å². The molecule has 1 aliphatic heterocycles. The van der Waals surface area contributed by atoms with Gasteiger partial charge in [0.05, 0.1) is 11.3 Å². The highest BCUT2D eigenvalue weighted by molar-refractivity contribution is 7.89. The fraction of sp³-hybridized carbons (Fsp3) is 0.0714. The van der Waals surface area contributed by atoms with Gasteiger partial charge in [-0.15, -0.1) is 0 Å². The first-order valence-electron chi connectivity index (χ1n) is 6.30. The third-order valence-electron chi connectivity index (χ3n) is 3.26. The molecule has 22 heavy (non-hydrogen) atoms. The number of hydrogen-bond acceptors (Lipinski definition) is 5. The lowest BCUT2D eigenvalue weighted by Crippen LogP contribution is -2.15. The van der Waals surface area contributed by atoms with Gasteiger partial charge >= 0.3 is 5.97 Å². The van der Waals surface area contributed by atoms with E-state index in [1.807, 2.05) is 12.1 Å². The van der Waals surface area contributed by atoms with E-state index in [-0.39, 0.29) is 21.9 Å². The van der Waals surface area contributed by atoms with E-state index in [1.54, 1.807) is 12.1 Å². The highest BCUT2D eigenvalue weighted by Gasteiger charge is 2.25. The summed E-state index contributed by atoms with van der Waals surface area (Å²) in [5.74, 6) is -0.768. The lowest BCUT2D eigenvalue weighted by Gasteiger charge is -2.13. The summed E-state index contributed by atoms with van der Waals surface area (Å²) in [6.45, 7) is 0.371. The molecule has 2 aromatic carbocycles. The zero-order valence-corrected chi connectivity index (χ0v) is 12.1. The summed E-state index contributed by atoms with van der Waals surface area (Å²) >= 11 is 0. The number of hydrogen-bond donors (Lipinski definition) is 3. The summed E-state index contributed by atoms with van der Waals surface area (Å²) in [6.07, 6.45) is 0. The van der Waals surface area contributed by atoms with E-state index in [0.29, 0.717) is 12.3 Å². The maximum Gasteiger partial charge on any atom is 0.335 e. The van der Waals surface area contributed by atoms with Gasteiger partial charge in [0.25, 0.3) is 0 Å². The van der Waals surface area contributed by atoms with Crippen LogP contribution < -0.4 is 15.2 Å². The number of anilines is 1. The minimum Gasteiger partial charge on any atom is -0.478 e. The van der Waals surface area contributed by atoms with Crippen LogP contribution in [0.4, 0.5) is 5.69 Å². The van der Waals surface area contributed by atoms with E-state index >= 15 is 0 Å². The van der Waals surface area contributed by atoms with Gasteiger partial charge in [0.15, 0.2) is 5.75 Å². The molecule has 1 heterocycles. The maximum absolute atomic E-state index is 11.8. The van der Waals surface area contributed by atoms with Gasteiger partial charge in [-0.3, -0.25) is 0 Å². The first kappa shape index (κ1) is 14.4. The Morgan fingerprint density at radius 3 is 2.68 bits per heavy atom. The van der Waals surface area contributed by atoms with Crippen LogP contribution >= 0.6 is 0 Å². The number of ether oxygens (including phenoxy) is 1. The average Bonchev–Trinajstić information content (AvgIpc) is 2.64. The number of carboxylic acids is 1. The number of aromatic carboxylic acids is 1. The van der Waals surface area contributed by atoms with Crippen molar-refractivity contribution in [3.63, 3.8) is 0 Å². The average molecular weight is 320 g/mol. The number of rotatable bonds is 2. The van der Waals surface area contributed by atoms with Crippen LogP contribution in [-0.4, -0.2) is 19.5 Å². The van der Waals surface area contributed by atoms with Gasteiger partial charge in [-0.25, -0.2) is 18.4 Å². The van der Waals surface area contributed by atoms with Gasteiger partial charge in [0.2, 0.25) is 10.0 Å². The van der Waals surface area contributed by atoms with Crippen molar-refractivity contribution in [2.24, 2.45) is 5.14 Å². The normalized spacial score (nSPS) is 13.1. The topological polar surface area (TPSA) is 119 Å². The number of nitrogens with one attached hydrogen (secondary N) is 1. The zero-order chi connectivity index (χ0) is 15.9. The van der Waals surface area contributed by atoms with Crippen molar-refractivity contribution < 1.29 is 23.1 Å². The first-order valence-corrected chi connectivity index (χ1v) is 7.84. The van der Waals surface area contributed by atoms with Crippen LogP contribution in [0.1, 0.15) is 15.9 Å². The van der Waals surface area contributed by atoms with E-state index in [2.05, 4.69) is 5.32 Å². The van der Waals surface area contributed by atoms with Crippen molar-refractivity contribution in [2.45, 2.75) is 11.4 Å². The zero-order valence-electron chi connectivity index (χ0n) is 11.2. The minimum atomic E-state index is -4.15. The smallest absolute Gasteiger partial charge is 0.335 e. The van der Waals surface area contributed by atoms with Gasteiger partial charge in [0, 0.05) is 12.1 Å². The van der Waals surface area contributed by atoms with E-state index in [4.69, 9.17) is 15.0 Å². The van der Waals surface area contributed by atoms with Crippen LogP contribution in [0.15, 0.2) is 41.3 Å². The molecule has 0 bridgehead atoms. The number of carboxylic acid groups (broad SMARTS) is 1. The second kappa shape index (κ2) is 5.00. The number of fused-ring (bicyclic) bond motifs is 2. The molecule has 3 rings (SSSR count). The summed E-state index contributed by atoms with van der Waals surface area (Å²) in [7, 11) is -4.15. The van der Waals surface area contributed by atoms with Crippen LogP contribution in [0.2, 0.25) is 0 Å². The van der Waals surface area contributed by atoms with Crippen LogP contribution in [0, 0.1) is 0 Å². The Hall–Kier alpha value is -2.58. The molecule has 0 saturated carbocycles. The van der Waals surface area contributed by atoms with Gasteiger partial charge in [0.1, 0.15) is 10.6 Å². The molecule has 2 aromatic rings. The van der Waals surface area contributed by atoms with E-state index in [9.17, 15) is 13.2 Å². The van der Waals surface area contributed by atoms with Crippen LogP contribution in [0.5, 0.6) is 11.5 Å². The van der Waals surface area contributed by atoms with Crippen LogP contribution in [0.3, 0.4) is 0 Å². The van der Waals surface area contributed by atoms with Gasteiger partial charge < -0.3 is 15.2 Å². The molecular formula is C14H12N2O5S. The Balaban J connectivity index is 2.25. The summed E-state index contributed by atoms with van der Waals surface area (Å²) < 4.78 is 29.2. The summed E-state index contributed by atoms with van der Waals surface area (Å²) in [6, 6.07) is 9.41. The van der Waals surface area contributed by atoms with Crippen molar-refractivity contribution in [3.05, 3.63) is 47.5 Å². The number of benzene rings is 2. The van der Waals surface area contributed by atoms with Crippen molar-refractivity contribution >= 4 is 21.7 Å². The lowest BCUT2D eigenvalue weighted by molar-refractivity contribution is 0.0696. The standard InChI is InChI=1S/C14H12N2O5S/c15-22(19,20)12-6-9(14(17)18)5-10-13(12)21-11-4-2-1-3-8(11)7-16-10/h1-6,16H,7H2,(H,17,18)(H2,15,19,20). The largest absolute Gasteiger partial charge is 0.478 e. The quantitative estimate of drug-likeness (QED) is 0.775. The van der Waals surface area contributed by atoms with Crippen molar-refractivity contribution in [2.75, 3.05) is 5.32 Å². The fourth-order valence-corrected chi connectivity index (χ4v) is 2.92. The highest BCUT2D eigenvalue weighted by Crippen LogP contribution is 2.40. The fourth-order valence-electron chi connectivity index (χ4n) is 2.22. The molecule has 0 amide bonds. The second-order valence-corrected chi connectivity index (χ2v) is 6.29. The Morgan fingerprint density at radius 1 is 1.27 bits per heavy atom. The van der Waals surface area contributed by atoms with Gasteiger partial charge in [-0.05, 0) is 18.2 Å².